The van der Waals surface area contributed by atoms with Crippen molar-refractivity contribution >= 4 is 11.1 Å². The Labute approximate surface area is 195 Å². The summed E-state index contributed by atoms with van der Waals surface area (Å²) in [5.74, 6) is -0.749. The van der Waals surface area contributed by atoms with Gasteiger partial charge >= 0.3 is 0 Å². The standard InChI is InChI=1S/C29H33F3O/c1-3-5-19-6-8-21(9-7-19)24-15-16-25(29(32)28(24)31)22-12-10-20(11-13-22)23-14-17-27(33-4-2)26(30)18-23/h8,12,14-20H,3-7,9-11,13H2,1-2H3. The van der Waals surface area contributed by atoms with Crippen molar-refractivity contribution in [1.82, 2.24) is 0 Å². The predicted molar refractivity (Wildman–Crippen MR) is 129 cm³/mol. The lowest BCUT2D eigenvalue weighted by molar-refractivity contribution is 0.321. The van der Waals surface area contributed by atoms with Crippen molar-refractivity contribution in [2.75, 3.05) is 6.61 Å². The summed E-state index contributed by atoms with van der Waals surface area (Å²) in [5.41, 5.74) is 3.44. The van der Waals surface area contributed by atoms with Crippen LogP contribution < -0.4 is 4.74 Å². The number of hydrogen-bond acceptors (Lipinski definition) is 1. The second-order valence-corrected chi connectivity index (χ2v) is 9.27. The number of benzene rings is 2. The molecule has 0 bridgehead atoms. The number of halogens is 3. The summed E-state index contributed by atoms with van der Waals surface area (Å²) < 4.78 is 49.6. The van der Waals surface area contributed by atoms with Gasteiger partial charge in [0.25, 0.3) is 0 Å². The summed E-state index contributed by atoms with van der Waals surface area (Å²) in [6, 6.07) is 8.58. The van der Waals surface area contributed by atoms with E-state index < -0.39 is 11.6 Å². The van der Waals surface area contributed by atoms with Gasteiger partial charge in [-0.2, -0.15) is 0 Å². The Morgan fingerprint density at radius 3 is 2.03 bits per heavy atom. The van der Waals surface area contributed by atoms with Gasteiger partial charge in [-0.15, -0.1) is 0 Å². The lowest BCUT2D eigenvalue weighted by Crippen LogP contribution is -2.08. The van der Waals surface area contributed by atoms with Gasteiger partial charge < -0.3 is 4.74 Å². The number of rotatable bonds is 7. The van der Waals surface area contributed by atoms with Gasteiger partial charge in [0.05, 0.1) is 6.61 Å². The summed E-state index contributed by atoms with van der Waals surface area (Å²) in [4.78, 5) is 0. The molecule has 0 fully saturated rings. The topological polar surface area (TPSA) is 9.23 Å². The Kier molecular flexibility index (Phi) is 7.62. The fourth-order valence-electron chi connectivity index (χ4n) is 5.27. The van der Waals surface area contributed by atoms with E-state index >= 15 is 8.78 Å². The van der Waals surface area contributed by atoms with Gasteiger partial charge in [-0.3, -0.25) is 0 Å². The van der Waals surface area contributed by atoms with Gasteiger partial charge in [0.15, 0.2) is 23.2 Å². The smallest absolute Gasteiger partial charge is 0.166 e. The van der Waals surface area contributed by atoms with Crippen LogP contribution >= 0.6 is 0 Å². The highest BCUT2D eigenvalue weighted by atomic mass is 19.2. The van der Waals surface area contributed by atoms with Gasteiger partial charge in [0.1, 0.15) is 0 Å². The second-order valence-electron chi connectivity index (χ2n) is 9.27. The minimum absolute atomic E-state index is 0.162. The molecular formula is C29H33F3O. The Morgan fingerprint density at radius 1 is 0.848 bits per heavy atom. The summed E-state index contributed by atoms with van der Waals surface area (Å²) in [5, 5.41) is 0. The molecular weight excluding hydrogens is 421 g/mol. The molecule has 0 N–H and O–H groups in total. The number of allylic oxidation sites excluding steroid dienone is 4. The summed E-state index contributed by atoms with van der Waals surface area (Å²) in [6.45, 7) is 4.43. The first-order chi connectivity index (χ1) is 16.0. The molecule has 4 rings (SSSR count). The van der Waals surface area contributed by atoms with Crippen LogP contribution in [-0.4, -0.2) is 6.61 Å². The minimum Gasteiger partial charge on any atom is -0.491 e. The number of ether oxygens (including phenoxy) is 1. The largest absolute Gasteiger partial charge is 0.491 e. The third kappa shape index (κ3) is 5.20. The zero-order valence-electron chi connectivity index (χ0n) is 19.6. The molecule has 0 heterocycles. The van der Waals surface area contributed by atoms with Crippen LogP contribution in [0.3, 0.4) is 0 Å². The first-order valence-electron chi connectivity index (χ1n) is 12.3. The van der Waals surface area contributed by atoms with Crippen molar-refractivity contribution < 1.29 is 17.9 Å². The minimum atomic E-state index is -0.749. The molecule has 2 aliphatic rings. The van der Waals surface area contributed by atoms with Crippen LogP contribution in [0.5, 0.6) is 5.75 Å². The average molecular weight is 455 g/mol. The van der Waals surface area contributed by atoms with E-state index in [1.807, 2.05) is 19.1 Å². The molecule has 176 valence electrons. The fraction of sp³-hybridized carbons (Fsp3) is 0.448. The van der Waals surface area contributed by atoms with E-state index in [0.29, 0.717) is 36.5 Å². The molecule has 2 atom stereocenters. The van der Waals surface area contributed by atoms with Gasteiger partial charge in [-0.05, 0) is 86.1 Å². The van der Waals surface area contributed by atoms with Crippen molar-refractivity contribution in [3.63, 3.8) is 0 Å². The summed E-state index contributed by atoms with van der Waals surface area (Å²) >= 11 is 0. The molecule has 0 amide bonds. The highest BCUT2D eigenvalue weighted by molar-refractivity contribution is 5.72. The first kappa shape index (κ1) is 23.7. The van der Waals surface area contributed by atoms with Crippen LogP contribution in [0.2, 0.25) is 0 Å². The molecule has 4 heteroatoms. The van der Waals surface area contributed by atoms with Crippen molar-refractivity contribution in [3.05, 3.63) is 76.6 Å². The van der Waals surface area contributed by atoms with Gasteiger partial charge in [0, 0.05) is 11.1 Å². The maximum Gasteiger partial charge on any atom is 0.166 e. The van der Waals surface area contributed by atoms with Crippen LogP contribution in [-0.2, 0) is 0 Å². The zero-order valence-corrected chi connectivity index (χ0v) is 19.6. The third-order valence-corrected chi connectivity index (χ3v) is 7.13. The van der Waals surface area contributed by atoms with E-state index in [2.05, 4.69) is 13.0 Å². The monoisotopic (exact) mass is 454 g/mol. The van der Waals surface area contributed by atoms with Crippen LogP contribution in [0.25, 0.3) is 11.1 Å². The second kappa shape index (κ2) is 10.6. The Bertz CT molecular complexity index is 1050. The van der Waals surface area contributed by atoms with Crippen LogP contribution in [0.1, 0.15) is 87.8 Å². The lowest BCUT2D eigenvalue weighted by atomic mass is 9.81. The Morgan fingerprint density at radius 2 is 1.52 bits per heavy atom. The van der Waals surface area contributed by atoms with E-state index in [-0.39, 0.29) is 17.5 Å². The van der Waals surface area contributed by atoms with E-state index in [1.54, 1.807) is 18.2 Å². The van der Waals surface area contributed by atoms with E-state index in [9.17, 15) is 4.39 Å². The van der Waals surface area contributed by atoms with E-state index in [0.717, 1.165) is 48.8 Å². The molecule has 2 aromatic rings. The van der Waals surface area contributed by atoms with Crippen LogP contribution in [0.15, 0.2) is 42.5 Å². The lowest BCUT2D eigenvalue weighted by Gasteiger charge is -2.24. The van der Waals surface area contributed by atoms with Crippen molar-refractivity contribution in [3.8, 4) is 5.75 Å². The van der Waals surface area contributed by atoms with Crippen molar-refractivity contribution in [2.24, 2.45) is 5.92 Å². The molecule has 1 nitrogen and oxygen atoms in total. The van der Waals surface area contributed by atoms with Crippen molar-refractivity contribution in [1.29, 1.82) is 0 Å². The summed E-state index contributed by atoms with van der Waals surface area (Å²) in [6.07, 6.45) is 11.3. The average Bonchev–Trinajstić information content (AvgIpc) is 2.83. The molecule has 0 radical (unpaired) electrons. The molecule has 0 saturated heterocycles. The predicted octanol–water partition coefficient (Wildman–Crippen LogP) is 8.84. The summed E-state index contributed by atoms with van der Waals surface area (Å²) in [7, 11) is 0. The third-order valence-electron chi connectivity index (χ3n) is 7.13. The molecule has 33 heavy (non-hydrogen) atoms. The quantitative estimate of drug-likeness (QED) is 0.406. The maximum absolute atomic E-state index is 15.1. The SMILES string of the molecule is CCCC1CC=C(c2ccc(C3=CCC(c4ccc(OCC)c(F)c4)CC3)c(F)c2F)CC1. The zero-order chi connectivity index (χ0) is 23.4. The first-order valence-corrected chi connectivity index (χ1v) is 12.3. The van der Waals surface area contributed by atoms with Crippen LogP contribution in [0, 0.1) is 23.4 Å². The highest BCUT2D eigenvalue weighted by Crippen LogP contribution is 2.40. The molecule has 2 aromatic carbocycles. The molecule has 2 aliphatic carbocycles. The molecule has 2 unspecified atom stereocenters. The molecule has 0 aromatic heterocycles. The Balaban J connectivity index is 1.49. The van der Waals surface area contributed by atoms with Crippen LogP contribution in [0.4, 0.5) is 13.2 Å². The van der Waals surface area contributed by atoms with Gasteiger partial charge in [-0.25, -0.2) is 13.2 Å². The molecule has 0 spiro atoms. The van der Waals surface area contributed by atoms with E-state index in [4.69, 9.17) is 4.74 Å². The normalized spacial score (nSPS) is 20.9. The highest BCUT2D eigenvalue weighted by Gasteiger charge is 2.24. The maximum atomic E-state index is 15.1. The Hall–Kier alpha value is -2.49. The van der Waals surface area contributed by atoms with E-state index in [1.165, 1.54) is 12.5 Å². The molecule has 0 saturated carbocycles. The van der Waals surface area contributed by atoms with Gasteiger partial charge in [0.2, 0.25) is 0 Å². The van der Waals surface area contributed by atoms with Gasteiger partial charge in [-0.1, -0.05) is 50.1 Å². The fourth-order valence-corrected chi connectivity index (χ4v) is 5.27. The molecule has 0 aliphatic heterocycles. The number of hydrogen-bond donors (Lipinski definition) is 0. The van der Waals surface area contributed by atoms with Crippen molar-refractivity contribution in [2.45, 2.75) is 71.1 Å².